The molecule has 0 saturated heterocycles. The number of methoxy groups -OCH3 is 1. The molecule has 0 radical (unpaired) electrons. The zero-order valence-electron chi connectivity index (χ0n) is 8.80. The van der Waals surface area contributed by atoms with Gasteiger partial charge in [-0.25, -0.2) is 4.79 Å². The molecule has 0 aromatic heterocycles. The molecule has 0 aliphatic rings. The Morgan fingerprint density at radius 2 is 2.24 bits per heavy atom. The molecule has 0 unspecified atom stereocenters. The number of hydrogen-bond donors (Lipinski definition) is 0. The number of esters is 1. The van der Waals surface area contributed by atoms with Gasteiger partial charge in [-0.3, -0.25) is 14.9 Å². The largest absolute Gasteiger partial charge is 0.459 e. The van der Waals surface area contributed by atoms with Crippen LogP contribution in [0.2, 0.25) is 0 Å². The molecule has 6 nitrogen and oxygen atoms in total. The quantitative estimate of drug-likeness (QED) is 0.249. The lowest BCUT2D eigenvalue weighted by Crippen LogP contribution is -1.96. The van der Waals surface area contributed by atoms with Crippen LogP contribution in [0.15, 0.2) is 18.2 Å². The highest BCUT2D eigenvalue weighted by atomic mass is 16.6. The smallest absolute Gasteiger partial charge is 0.384 e. The van der Waals surface area contributed by atoms with E-state index in [1.165, 1.54) is 19.2 Å². The molecule has 6 heteroatoms. The second-order valence-corrected chi connectivity index (χ2v) is 2.89. The van der Waals surface area contributed by atoms with Gasteiger partial charge in [0.2, 0.25) is 0 Å². The molecule has 0 aliphatic carbocycles. The molecule has 1 rings (SSSR count). The standard InChI is InChI=1S/C11H7NO5/c1-17-11(14)5-3-8-2-4-10(12(15)16)9(6-8)7-13/h2,4,6-7H,1H3. The van der Waals surface area contributed by atoms with Crippen molar-refractivity contribution < 1.29 is 19.2 Å². The van der Waals surface area contributed by atoms with Crippen molar-refractivity contribution in [2.24, 2.45) is 0 Å². The van der Waals surface area contributed by atoms with Crippen molar-refractivity contribution in [2.75, 3.05) is 7.11 Å². The highest BCUT2D eigenvalue weighted by molar-refractivity contribution is 5.89. The predicted octanol–water partition coefficient (Wildman–Crippen LogP) is 0.932. The zero-order valence-corrected chi connectivity index (χ0v) is 8.80. The first-order valence-corrected chi connectivity index (χ1v) is 4.42. The van der Waals surface area contributed by atoms with Crippen molar-refractivity contribution in [3.8, 4) is 11.8 Å². The molecular weight excluding hydrogens is 226 g/mol. The van der Waals surface area contributed by atoms with Crippen LogP contribution in [0.3, 0.4) is 0 Å². The van der Waals surface area contributed by atoms with Crippen LogP contribution in [0.1, 0.15) is 15.9 Å². The van der Waals surface area contributed by atoms with E-state index in [4.69, 9.17) is 0 Å². The molecule has 0 atom stereocenters. The monoisotopic (exact) mass is 233 g/mol. The molecule has 1 aromatic rings. The Kier molecular flexibility index (Phi) is 3.95. The van der Waals surface area contributed by atoms with Crippen molar-refractivity contribution in [3.63, 3.8) is 0 Å². The third-order valence-corrected chi connectivity index (χ3v) is 1.85. The molecule has 0 aliphatic heterocycles. The van der Waals surface area contributed by atoms with Crippen LogP contribution in [0.4, 0.5) is 5.69 Å². The lowest BCUT2D eigenvalue weighted by Gasteiger charge is -1.96. The van der Waals surface area contributed by atoms with Gasteiger partial charge < -0.3 is 4.74 Å². The van der Waals surface area contributed by atoms with E-state index >= 15 is 0 Å². The summed E-state index contributed by atoms with van der Waals surface area (Å²) in [6.07, 6.45) is 0.363. The van der Waals surface area contributed by atoms with Gasteiger partial charge in [0.1, 0.15) is 0 Å². The summed E-state index contributed by atoms with van der Waals surface area (Å²) in [5.74, 6) is 3.86. The first-order chi connectivity index (χ1) is 8.08. The second kappa shape index (κ2) is 5.42. The van der Waals surface area contributed by atoms with E-state index in [1.54, 1.807) is 0 Å². The van der Waals surface area contributed by atoms with Crippen LogP contribution in [0, 0.1) is 22.0 Å². The Morgan fingerprint density at radius 1 is 1.53 bits per heavy atom. The molecule has 0 bridgehead atoms. The minimum absolute atomic E-state index is 0.0911. The molecule has 1 aromatic carbocycles. The number of nitro benzene ring substituents is 1. The molecule has 0 saturated carbocycles. The van der Waals surface area contributed by atoms with Crippen molar-refractivity contribution in [1.29, 1.82) is 0 Å². The maximum atomic E-state index is 10.7. The summed E-state index contributed by atoms with van der Waals surface area (Å²) in [5.41, 5.74) is -0.0709. The van der Waals surface area contributed by atoms with Crippen LogP contribution in [0.5, 0.6) is 0 Å². The van der Waals surface area contributed by atoms with E-state index in [9.17, 15) is 19.7 Å². The molecular formula is C11H7NO5. The van der Waals surface area contributed by atoms with Crippen LogP contribution >= 0.6 is 0 Å². The van der Waals surface area contributed by atoms with E-state index in [2.05, 4.69) is 16.6 Å². The molecule has 0 N–H and O–H groups in total. The van der Waals surface area contributed by atoms with Crippen molar-refractivity contribution in [2.45, 2.75) is 0 Å². The van der Waals surface area contributed by atoms with Crippen molar-refractivity contribution >= 4 is 17.9 Å². The summed E-state index contributed by atoms with van der Waals surface area (Å²) in [5, 5.41) is 10.5. The summed E-state index contributed by atoms with van der Waals surface area (Å²) in [4.78, 5) is 31.3. The predicted molar refractivity (Wildman–Crippen MR) is 57.4 cm³/mol. The SMILES string of the molecule is COC(=O)C#Cc1ccc([N+](=O)[O-])c(C=O)c1. The van der Waals surface area contributed by atoms with E-state index in [-0.39, 0.29) is 11.3 Å². The minimum Gasteiger partial charge on any atom is -0.459 e. The van der Waals surface area contributed by atoms with E-state index in [0.29, 0.717) is 11.8 Å². The second-order valence-electron chi connectivity index (χ2n) is 2.89. The summed E-state index contributed by atoms with van der Waals surface area (Å²) in [6.45, 7) is 0. The van der Waals surface area contributed by atoms with E-state index in [0.717, 1.165) is 6.07 Å². The molecule has 17 heavy (non-hydrogen) atoms. The van der Waals surface area contributed by atoms with E-state index in [1.807, 2.05) is 0 Å². The Labute approximate surface area is 96.3 Å². The third-order valence-electron chi connectivity index (χ3n) is 1.85. The van der Waals surface area contributed by atoms with Crippen LogP contribution < -0.4 is 0 Å². The van der Waals surface area contributed by atoms with Gasteiger partial charge in [-0.05, 0) is 12.1 Å². The van der Waals surface area contributed by atoms with Gasteiger partial charge in [0, 0.05) is 17.6 Å². The summed E-state index contributed by atoms with van der Waals surface area (Å²) >= 11 is 0. The molecule has 86 valence electrons. The molecule has 0 fully saturated rings. The number of aldehydes is 1. The zero-order chi connectivity index (χ0) is 12.8. The average Bonchev–Trinajstić information content (AvgIpc) is 2.35. The Morgan fingerprint density at radius 3 is 2.76 bits per heavy atom. The number of benzene rings is 1. The highest BCUT2D eigenvalue weighted by Crippen LogP contribution is 2.17. The van der Waals surface area contributed by atoms with Gasteiger partial charge in [0.05, 0.1) is 17.6 Å². The lowest BCUT2D eigenvalue weighted by molar-refractivity contribution is -0.385. The highest BCUT2D eigenvalue weighted by Gasteiger charge is 2.12. The number of nitro groups is 1. The lowest BCUT2D eigenvalue weighted by atomic mass is 10.1. The first-order valence-electron chi connectivity index (χ1n) is 4.42. The van der Waals surface area contributed by atoms with Crippen LogP contribution in [-0.4, -0.2) is 24.3 Å². The minimum atomic E-state index is -0.726. The third kappa shape index (κ3) is 3.14. The van der Waals surface area contributed by atoms with Gasteiger partial charge in [0.15, 0.2) is 6.29 Å². The van der Waals surface area contributed by atoms with Gasteiger partial charge in [0.25, 0.3) is 5.69 Å². The summed E-state index contributed by atoms with van der Waals surface area (Å²) < 4.78 is 4.30. The Bertz CT molecular complexity index is 539. The number of hydrogen-bond acceptors (Lipinski definition) is 5. The van der Waals surface area contributed by atoms with Crippen LogP contribution in [0.25, 0.3) is 0 Å². The number of carbonyl (C=O) groups is 2. The van der Waals surface area contributed by atoms with Gasteiger partial charge in [-0.15, -0.1) is 0 Å². The number of ether oxygens (including phenoxy) is 1. The number of carbonyl (C=O) groups excluding carboxylic acids is 2. The van der Waals surface area contributed by atoms with E-state index < -0.39 is 10.9 Å². The topological polar surface area (TPSA) is 86.5 Å². The van der Waals surface area contributed by atoms with Gasteiger partial charge >= 0.3 is 5.97 Å². The van der Waals surface area contributed by atoms with Crippen LogP contribution in [-0.2, 0) is 9.53 Å². The molecule has 0 amide bonds. The average molecular weight is 233 g/mol. The van der Waals surface area contributed by atoms with Gasteiger partial charge in [-0.2, -0.15) is 0 Å². The Balaban J connectivity index is 3.13. The van der Waals surface area contributed by atoms with Crippen molar-refractivity contribution in [1.82, 2.24) is 0 Å². The first kappa shape index (κ1) is 12.4. The Hall–Kier alpha value is -2.68. The van der Waals surface area contributed by atoms with Crippen molar-refractivity contribution in [3.05, 3.63) is 39.4 Å². The van der Waals surface area contributed by atoms with Gasteiger partial charge in [-0.1, -0.05) is 5.92 Å². The fourth-order valence-electron chi connectivity index (χ4n) is 1.07. The maximum absolute atomic E-state index is 10.7. The molecule has 0 spiro atoms. The normalized spacial score (nSPS) is 8.76. The molecule has 0 heterocycles. The fourth-order valence-corrected chi connectivity index (χ4v) is 1.07. The number of rotatable bonds is 2. The summed E-state index contributed by atoms with van der Waals surface area (Å²) in [7, 11) is 1.18. The number of nitrogens with zero attached hydrogens (tertiary/aromatic N) is 1. The summed E-state index contributed by atoms with van der Waals surface area (Å²) in [6, 6.07) is 3.74. The maximum Gasteiger partial charge on any atom is 0.384 e. The fraction of sp³-hybridized carbons (Fsp3) is 0.0909.